The van der Waals surface area contributed by atoms with Crippen molar-refractivity contribution in [2.45, 2.75) is 45.1 Å². The van der Waals surface area contributed by atoms with Crippen LogP contribution < -0.4 is 5.32 Å². The highest BCUT2D eigenvalue weighted by Crippen LogP contribution is 2.33. The summed E-state index contributed by atoms with van der Waals surface area (Å²) in [5.74, 6) is -0.0348. The summed E-state index contributed by atoms with van der Waals surface area (Å²) in [5, 5.41) is 14.6. The predicted molar refractivity (Wildman–Crippen MR) is 84.1 cm³/mol. The van der Waals surface area contributed by atoms with Crippen molar-refractivity contribution in [3.05, 3.63) is 33.9 Å². The van der Waals surface area contributed by atoms with E-state index in [9.17, 15) is 14.9 Å². The fraction of sp³-hybridized carbons (Fsp3) is 0.562. The van der Waals surface area contributed by atoms with E-state index in [0.29, 0.717) is 11.6 Å². The van der Waals surface area contributed by atoms with E-state index in [1.165, 1.54) is 19.6 Å². The number of rotatable bonds is 5. The van der Waals surface area contributed by atoms with Crippen LogP contribution in [0.15, 0.2) is 18.2 Å². The Bertz CT molecular complexity index is 559. The summed E-state index contributed by atoms with van der Waals surface area (Å²) < 4.78 is 4.61. The monoisotopic (exact) mass is 306 g/mol. The van der Waals surface area contributed by atoms with Crippen molar-refractivity contribution in [3.8, 4) is 0 Å². The van der Waals surface area contributed by atoms with Crippen LogP contribution >= 0.6 is 0 Å². The molecule has 1 aliphatic rings. The molecular formula is C16H22N2O4. The average Bonchev–Trinajstić information content (AvgIpc) is 2.54. The lowest BCUT2D eigenvalue weighted by Gasteiger charge is -2.32. The molecule has 1 saturated carbocycles. The Hall–Kier alpha value is -2.11. The van der Waals surface area contributed by atoms with Crippen LogP contribution in [0.1, 0.15) is 49.4 Å². The zero-order valence-corrected chi connectivity index (χ0v) is 13.0. The Morgan fingerprint density at radius 1 is 1.41 bits per heavy atom. The van der Waals surface area contributed by atoms with Crippen molar-refractivity contribution in [1.29, 1.82) is 0 Å². The van der Waals surface area contributed by atoms with Crippen molar-refractivity contribution < 1.29 is 14.5 Å². The van der Waals surface area contributed by atoms with Gasteiger partial charge in [0.25, 0.3) is 5.69 Å². The number of methoxy groups -OCH3 is 1. The number of ether oxygens (including phenoxy) is 1. The number of anilines is 1. The minimum atomic E-state index is -0.571. The maximum Gasteiger partial charge on any atom is 0.338 e. The summed E-state index contributed by atoms with van der Waals surface area (Å²) in [6, 6.07) is 4.69. The van der Waals surface area contributed by atoms with E-state index in [4.69, 9.17) is 0 Å². The molecule has 0 radical (unpaired) electrons. The van der Waals surface area contributed by atoms with E-state index in [1.807, 2.05) is 0 Å². The summed E-state index contributed by atoms with van der Waals surface area (Å²) in [4.78, 5) is 22.4. The first-order valence-corrected chi connectivity index (χ1v) is 7.70. The number of nitrogens with one attached hydrogen (secondary N) is 1. The van der Waals surface area contributed by atoms with Gasteiger partial charge in [-0.05, 0) is 30.9 Å². The van der Waals surface area contributed by atoms with Crippen molar-refractivity contribution in [2.24, 2.45) is 5.92 Å². The predicted octanol–water partition coefficient (Wildman–Crippen LogP) is 3.76. The molecule has 1 aliphatic carbocycles. The quantitative estimate of drug-likeness (QED) is 0.509. The first-order chi connectivity index (χ1) is 10.6. The maximum absolute atomic E-state index is 11.5. The second-order valence-corrected chi connectivity index (χ2v) is 5.68. The van der Waals surface area contributed by atoms with Crippen LogP contribution in [0, 0.1) is 16.0 Å². The molecule has 6 nitrogen and oxygen atoms in total. The molecule has 2 rings (SSSR count). The molecule has 1 aromatic rings. The fourth-order valence-electron chi connectivity index (χ4n) is 3.14. The number of hydrogen-bond acceptors (Lipinski definition) is 5. The topological polar surface area (TPSA) is 81.5 Å². The molecule has 1 aromatic carbocycles. The summed E-state index contributed by atoms with van der Waals surface area (Å²) >= 11 is 0. The Balaban J connectivity index is 2.26. The Morgan fingerprint density at radius 3 is 2.77 bits per heavy atom. The lowest BCUT2D eigenvalue weighted by atomic mass is 9.82. The highest BCUT2D eigenvalue weighted by atomic mass is 16.6. The lowest BCUT2D eigenvalue weighted by molar-refractivity contribution is -0.384. The molecule has 0 heterocycles. The molecule has 0 aromatic heterocycles. The van der Waals surface area contributed by atoms with Gasteiger partial charge in [0.1, 0.15) is 5.69 Å². The average molecular weight is 306 g/mol. The number of carbonyl (C=O) groups excluding carboxylic acids is 1. The molecule has 6 heteroatoms. The SMILES string of the molecule is CCC1CCCCC1Nc1ccc(C(=O)OC)cc1[N+](=O)[O-]. The van der Waals surface area contributed by atoms with Crippen LogP contribution in [0.2, 0.25) is 0 Å². The number of nitro groups is 1. The fourth-order valence-corrected chi connectivity index (χ4v) is 3.14. The highest BCUT2D eigenvalue weighted by Gasteiger charge is 2.26. The van der Waals surface area contributed by atoms with Crippen LogP contribution in [0.3, 0.4) is 0 Å². The minimum Gasteiger partial charge on any atom is -0.465 e. The molecule has 0 aliphatic heterocycles. The highest BCUT2D eigenvalue weighted by molar-refractivity contribution is 5.91. The van der Waals surface area contributed by atoms with Gasteiger partial charge in [0, 0.05) is 12.1 Å². The third kappa shape index (κ3) is 3.55. The van der Waals surface area contributed by atoms with Crippen LogP contribution in [0.4, 0.5) is 11.4 Å². The van der Waals surface area contributed by atoms with E-state index in [0.717, 1.165) is 25.7 Å². The van der Waals surface area contributed by atoms with Crippen LogP contribution in [0.5, 0.6) is 0 Å². The summed E-state index contributed by atoms with van der Waals surface area (Å²) in [7, 11) is 1.26. The van der Waals surface area contributed by atoms with Gasteiger partial charge in [0.2, 0.25) is 0 Å². The Labute approximate surface area is 130 Å². The molecule has 0 bridgehead atoms. The van der Waals surface area contributed by atoms with Gasteiger partial charge in [-0.1, -0.05) is 26.2 Å². The molecule has 1 N–H and O–H groups in total. The smallest absolute Gasteiger partial charge is 0.338 e. The largest absolute Gasteiger partial charge is 0.465 e. The molecule has 120 valence electrons. The minimum absolute atomic E-state index is 0.0803. The van der Waals surface area contributed by atoms with E-state index < -0.39 is 10.9 Å². The van der Waals surface area contributed by atoms with Crippen molar-refractivity contribution in [3.63, 3.8) is 0 Å². The molecule has 22 heavy (non-hydrogen) atoms. The third-order valence-corrected chi connectivity index (χ3v) is 4.39. The van der Waals surface area contributed by atoms with E-state index in [-0.39, 0.29) is 17.3 Å². The normalized spacial score (nSPS) is 21.2. The van der Waals surface area contributed by atoms with Gasteiger partial charge < -0.3 is 10.1 Å². The van der Waals surface area contributed by atoms with Gasteiger partial charge >= 0.3 is 5.97 Å². The second kappa shape index (κ2) is 7.24. The summed E-state index contributed by atoms with van der Waals surface area (Å²) in [5.41, 5.74) is 0.585. The van der Waals surface area contributed by atoms with Crippen molar-refractivity contribution >= 4 is 17.3 Å². The zero-order valence-electron chi connectivity index (χ0n) is 13.0. The number of hydrogen-bond donors (Lipinski definition) is 1. The van der Waals surface area contributed by atoms with Gasteiger partial charge in [-0.3, -0.25) is 10.1 Å². The van der Waals surface area contributed by atoms with Crippen LogP contribution in [0.25, 0.3) is 0 Å². The molecule has 0 saturated heterocycles. The van der Waals surface area contributed by atoms with E-state index in [2.05, 4.69) is 17.0 Å². The van der Waals surface area contributed by atoms with Gasteiger partial charge in [-0.25, -0.2) is 4.79 Å². The van der Waals surface area contributed by atoms with Crippen LogP contribution in [-0.4, -0.2) is 24.0 Å². The molecule has 2 atom stereocenters. The third-order valence-electron chi connectivity index (χ3n) is 4.39. The summed E-state index contributed by atoms with van der Waals surface area (Å²) in [6.07, 6.45) is 5.60. The van der Waals surface area contributed by atoms with Crippen LogP contribution in [-0.2, 0) is 4.74 Å². The Morgan fingerprint density at radius 2 is 2.14 bits per heavy atom. The number of esters is 1. The summed E-state index contributed by atoms with van der Waals surface area (Å²) in [6.45, 7) is 2.15. The Kier molecular flexibility index (Phi) is 5.35. The molecular weight excluding hydrogens is 284 g/mol. The van der Waals surface area contributed by atoms with Gasteiger partial charge in [0.05, 0.1) is 17.6 Å². The maximum atomic E-state index is 11.5. The van der Waals surface area contributed by atoms with Gasteiger partial charge in [-0.15, -0.1) is 0 Å². The van der Waals surface area contributed by atoms with Gasteiger partial charge in [-0.2, -0.15) is 0 Å². The first kappa shape index (κ1) is 16.3. The molecule has 0 spiro atoms. The number of nitrogens with zero attached hydrogens (tertiary/aromatic N) is 1. The second-order valence-electron chi connectivity index (χ2n) is 5.68. The molecule has 0 amide bonds. The molecule has 2 unspecified atom stereocenters. The molecule has 1 fully saturated rings. The number of benzene rings is 1. The van der Waals surface area contributed by atoms with Crippen molar-refractivity contribution in [2.75, 3.05) is 12.4 Å². The number of nitro benzene ring substituents is 1. The number of carbonyl (C=O) groups is 1. The standard InChI is InChI=1S/C16H22N2O4/c1-3-11-6-4-5-7-13(11)17-14-9-8-12(16(19)22-2)10-15(14)18(20)21/h8-11,13,17H,3-7H2,1-2H3. The zero-order chi connectivity index (χ0) is 16.1. The van der Waals surface area contributed by atoms with E-state index in [1.54, 1.807) is 12.1 Å². The van der Waals surface area contributed by atoms with Crippen molar-refractivity contribution in [1.82, 2.24) is 0 Å². The lowest BCUT2D eigenvalue weighted by Crippen LogP contribution is -2.32. The van der Waals surface area contributed by atoms with Gasteiger partial charge in [0.15, 0.2) is 0 Å². The first-order valence-electron chi connectivity index (χ1n) is 7.70. The van der Waals surface area contributed by atoms with E-state index >= 15 is 0 Å².